The molecule has 102 valence electrons. The van der Waals surface area contributed by atoms with E-state index < -0.39 is 5.91 Å². The summed E-state index contributed by atoms with van der Waals surface area (Å²) in [6.45, 7) is 1.07. The van der Waals surface area contributed by atoms with E-state index in [0.717, 1.165) is 5.69 Å². The van der Waals surface area contributed by atoms with Crippen molar-refractivity contribution < 1.29 is 14.3 Å². The molecule has 0 saturated heterocycles. The van der Waals surface area contributed by atoms with Gasteiger partial charge in [-0.3, -0.25) is 4.79 Å². The van der Waals surface area contributed by atoms with Gasteiger partial charge in [-0.1, -0.05) is 0 Å². The lowest BCUT2D eigenvalue weighted by atomic mass is 10.2. The third-order valence-electron chi connectivity index (χ3n) is 2.88. The number of carbonyl (C=O) groups is 1. The SMILES string of the molecule is NC(=O)c1cccnc1Nc1ccc2c(c1)OCCO2. The minimum Gasteiger partial charge on any atom is -0.486 e. The molecule has 1 aliphatic heterocycles. The molecule has 0 aliphatic carbocycles. The van der Waals surface area contributed by atoms with Gasteiger partial charge in [-0.25, -0.2) is 4.98 Å². The van der Waals surface area contributed by atoms with E-state index in [1.807, 2.05) is 12.1 Å². The molecule has 6 heteroatoms. The molecule has 0 bridgehead atoms. The zero-order chi connectivity index (χ0) is 13.9. The predicted octanol–water partition coefficient (Wildman–Crippen LogP) is 1.70. The Morgan fingerprint density at radius 2 is 2.00 bits per heavy atom. The number of aromatic nitrogens is 1. The molecular formula is C14H13N3O3. The van der Waals surface area contributed by atoms with Crippen molar-refractivity contribution >= 4 is 17.4 Å². The molecule has 0 fully saturated rings. The Labute approximate surface area is 115 Å². The Morgan fingerprint density at radius 1 is 1.20 bits per heavy atom. The van der Waals surface area contributed by atoms with Crippen LogP contribution in [0.15, 0.2) is 36.5 Å². The van der Waals surface area contributed by atoms with E-state index in [2.05, 4.69) is 10.3 Å². The fraction of sp³-hybridized carbons (Fsp3) is 0.143. The Bertz CT molecular complexity index is 658. The number of pyridine rings is 1. The first-order valence-corrected chi connectivity index (χ1v) is 6.15. The minimum atomic E-state index is -0.529. The molecule has 6 nitrogen and oxygen atoms in total. The normalized spacial score (nSPS) is 12.8. The van der Waals surface area contributed by atoms with Crippen LogP contribution in [0.3, 0.4) is 0 Å². The number of hydrogen-bond donors (Lipinski definition) is 2. The molecule has 1 amide bonds. The second kappa shape index (κ2) is 5.08. The number of hydrogen-bond acceptors (Lipinski definition) is 5. The maximum atomic E-state index is 11.3. The molecule has 3 rings (SSSR count). The van der Waals surface area contributed by atoms with Gasteiger partial charge in [0, 0.05) is 18.0 Å². The van der Waals surface area contributed by atoms with Crippen molar-refractivity contribution in [3.63, 3.8) is 0 Å². The van der Waals surface area contributed by atoms with Crippen molar-refractivity contribution in [3.8, 4) is 11.5 Å². The van der Waals surface area contributed by atoms with Crippen LogP contribution in [0.25, 0.3) is 0 Å². The van der Waals surface area contributed by atoms with E-state index in [4.69, 9.17) is 15.2 Å². The summed E-state index contributed by atoms with van der Waals surface area (Å²) in [5.74, 6) is 1.26. The van der Waals surface area contributed by atoms with Gasteiger partial charge in [0.05, 0.1) is 5.56 Å². The molecule has 0 unspecified atom stereocenters. The monoisotopic (exact) mass is 271 g/mol. The summed E-state index contributed by atoms with van der Waals surface area (Å²) in [5.41, 5.74) is 6.40. The summed E-state index contributed by atoms with van der Waals surface area (Å²) in [6.07, 6.45) is 1.59. The number of benzene rings is 1. The lowest BCUT2D eigenvalue weighted by molar-refractivity contribution is 0.100. The summed E-state index contributed by atoms with van der Waals surface area (Å²) >= 11 is 0. The highest BCUT2D eigenvalue weighted by atomic mass is 16.6. The van der Waals surface area contributed by atoms with Crippen LogP contribution in [0, 0.1) is 0 Å². The number of anilines is 2. The Hall–Kier alpha value is -2.76. The Morgan fingerprint density at radius 3 is 2.80 bits per heavy atom. The molecule has 20 heavy (non-hydrogen) atoms. The highest BCUT2D eigenvalue weighted by Crippen LogP contribution is 2.33. The van der Waals surface area contributed by atoms with E-state index in [1.54, 1.807) is 24.4 Å². The van der Waals surface area contributed by atoms with Crippen LogP contribution in [-0.4, -0.2) is 24.1 Å². The summed E-state index contributed by atoms with van der Waals surface area (Å²) in [7, 11) is 0. The lowest BCUT2D eigenvalue weighted by Crippen LogP contribution is -2.16. The van der Waals surface area contributed by atoms with E-state index >= 15 is 0 Å². The first-order chi connectivity index (χ1) is 9.74. The van der Waals surface area contributed by atoms with Crippen molar-refractivity contribution in [2.75, 3.05) is 18.5 Å². The Kier molecular flexibility index (Phi) is 3.12. The second-order valence-electron chi connectivity index (χ2n) is 4.25. The quantitative estimate of drug-likeness (QED) is 0.887. The topological polar surface area (TPSA) is 86.5 Å². The number of amides is 1. The highest BCUT2D eigenvalue weighted by molar-refractivity contribution is 5.98. The van der Waals surface area contributed by atoms with E-state index in [0.29, 0.717) is 36.1 Å². The summed E-state index contributed by atoms with van der Waals surface area (Å²) in [5, 5.41) is 3.06. The van der Waals surface area contributed by atoms with Crippen LogP contribution in [0.5, 0.6) is 11.5 Å². The molecule has 0 radical (unpaired) electrons. The van der Waals surface area contributed by atoms with Crippen molar-refractivity contribution in [2.24, 2.45) is 5.73 Å². The van der Waals surface area contributed by atoms with E-state index in [-0.39, 0.29) is 0 Å². The van der Waals surface area contributed by atoms with Crippen LogP contribution in [0.4, 0.5) is 11.5 Å². The van der Waals surface area contributed by atoms with Gasteiger partial charge in [-0.15, -0.1) is 0 Å². The third-order valence-corrected chi connectivity index (χ3v) is 2.88. The highest BCUT2D eigenvalue weighted by Gasteiger charge is 2.13. The minimum absolute atomic E-state index is 0.336. The number of rotatable bonds is 3. The average Bonchev–Trinajstić information content (AvgIpc) is 2.47. The molecular weight excluding hydrogens is 258 g/mol. The van der Waals surface area contributed by atoms with Crippen molar-refractivity contribution in [3.05, 3.63) is 42.1 Å². The predicted molar refractivity (Wildman–Crippen MR) is 73.5 cm³/mol. The lowest BCUT2D eigenvalue weighted by Gasteiger charge is -2.19. The molecule has 3 N–H and O–H groups in total. The zero-order valence-corrected chi connectivity index (χ0v) is 10.6. The number of primary amides is 1. The smallest absolute Gasteiger partial charge is 0.252 e. The van der Waals surface area contributed by atoms with Gasteiger partial charge >= 0.3 is 0 Å². The van der Waals surface area contributed by atoms with Gasteiger partial charge in [0.1, 0.15) is 19.0 Å². The van der Waals surface area contributed by atoms with Crippen LogP contribution in [-0.2, 0) is 0 Å². The second-order valence-corrected chi connectivity index (χ2v) is 4.25. The van der Waals surface area contributed by atoms with Crippen LogP contribution < -0.4 is 20.5 Å². The summed E-state index contributed by atoms with van der Waals surface area (Å²) < 4.78 is 11.0. The number of nitrogens with zero attached hydrogens (tertiary/aromatic N) is 1. The van der Waals surface area contributed by atoms with Crippen molar-refractivity contribution in [1.82, 2.24) is 4.98 Å². The van der Waals surface area contributed by atoms with Crippen molar-refractivity contribution in [2.45, 2.75) is 0 Å². The molecule has 1 aromatic carbocycles. The molecule has 1 aromatic heterocycles. The average molecular weight is 271 g/mol. The van der Waals surface area contributed by atoms with Gasteiger partial charge in [-0.05, 0) is 24.3 Å². The van der Waals surface area contributed by atoms with Gasteiger partial charge in [0.2, 0.25) is 0 Å². The summed E-state index contributed by atoms with van der Waals surface area (Å²) in [6, 6.07) is 8.72. The molecule has 0 spiro atoms. The first-order valence-electron chi connectivity index (χ1n) is 6.15. The molecule has 0 saturated carbocycles. The van der Waals surface area contributed by atoms with Gasteiger partial charge in [0.15, 0.2) is 11.5 Å². The van der Waals surface area contributed by atoms with Gasteiger partial charge in [0.25, 0.3) is 5.91 Å². The van der Waals surface area contributed by atoms with Gasteiger partial charge in [-0.2, -0.15) is 0 Å². The van der Waals surface area contributed by atoms with Crippen LogP contribution in [0.1, 0.15) is 10.4 Å². The molecule has 2 aromatic rings. The van der Waals surface area contributed by atoms with Crippen molar-refractivity contribution in [1.29, 1.82) is 0 Å². The summed E-state index contributed by atoms with van der Waals surface area (Å²) in [4.78, 5) is 15.5. The van der Waals surface area contributed by atoms with Crippen LogP contribution >= 0.6 is 0 Å². The van der Waals surface area contributed by atoms with E-state index in [1.165, 1.54) is 0 Å². The standard InChI is InChI=1S/C14H13N3O3/c15-13(18)10-2-1-5-16-14(10)17-9-3-4-11-12(8-9)20-7-6-19-11/h1-5,8H,6-7H2,(H2,15,18)(H,16,17). The number of nitrogens with one attached hydrogen (secondary N) is 1. The molecule has 1 aliphatic rings. The number of fused-ring (bicyclic) bond motifs is 1. The Balaban J connectivity index is 1.90. The largest absolute Gasteiger partial charge is 0.486 e. The van der Waals surface area contributed by atoms with E-state index in [9.17, 15) is 4.79 Å². The number of nitrogens with two attached hydrogens (primary N) is 1. The fourth-order valence-electron chi connectivity index (χ4n) is 1.96. The number of carbonyl (C=O) groups excluding carboxylic acids is 1. The molecule has 2 heterocycles. The third kappa shape index (κ3) is 2.35. The zero-order valence-electron chi connectivity index (χ0n) is 10.6. The fourth-order valence-corrected chi connectivity index (χ4v) is 1.96. The maximum Gasteiger partial charge on any atom is 0.252 e. The van der Waals surface area contributed by atoms with Crippen LogP contribution in [0.2, 0.25) is 0 Å². The number of ether oxygens (including phenoxy) is 2. The van der Waals surface area contributed by atoms with Gasteiger partial charge < -0.3 is 20.5 Å². The first kappa shape index (κ1) is 12.3. The maximum absolute atomic E-state index is 11.3. The molecule has 0 atom stereocenters.